The second kappa shape index (κ2) is 7.74. The Balaban J connectivity index is 1.64. The van der Waals surface area contributed by atoms with Crippen LogP contribution in [0.25, 0.3) is 5.57 Å². The molecule has 2 aromatic rings. The van der Waals surface area contributed by atoms with Gasteiger partial charge in [0.15, 0.2) is 0 Å². The Bertz CT molecular complexity index is 957. The van der Waals surface area contributed by atoms with Crippen LogP contribution in [0, 0.1) is 6.92 Å². The van der Waals surface area contributed by atoms with Gasteiger partial charge in [0, 0.05) is 37.9 Å². The highest BCUT2D eigenvalue weighted by molar-refractivity contribution is 6.35. The lowest BCUT2D eigenvalue weighted by molar-refractivity contribution is -0.139. The number of carbonyl (C=O) groups is 2. The predicted molar refractivity (Wildman–Crippen MR) is 115 cm³/mol. The van der Waals surface area contributed by atoms with Crippen molar-refractivity contribution in [2.75, 3.05) is 31.1 Å². The minimum Gasteiger partial charge on any atom is -0.368 e. The molecular formula is C24H27N3O2. The predicted octanol–water partition coefficient (Wildman–Crippen LogP) is 3.31. The highest BCUT2D eigenvalue weighted by Gasteiger charge is 2.43. The highest BCUT2D eigenvalue weighted by atomic mass is 16.2. The molecule has 0 spiro atoms. The summed E-state index contributed by atoms with van der Waals surface area (Å²) >= 11 is 0. The molecular weight excluding hydrogens is 362 g/mol. The van der Waals surface area contributed by atoms with Crippen LogP contribution in [0.1, 0.15) is 25.0 Å². The largest absolute Gasteiger partial charge is 0.368 e. The zero-order valence-corrected chi connectivity index (χ0v) is 17.3. The fraction of sp³-hybridized carbons (Fsp3) is 0.333. The second-order valence-electron chi connectivity index (χ2n) is 7.98. The van der Waals surface area contributed by atoms with Gasteiger partial charge in [-0.3, -0.25) is 14.5 Å². The van der Waals surface area contributed by atoms with E-state index in [1.807, 2.05) is 44.2 Å². The number of anilines is 1. The van der Waals surface area contributed by atoms with Gasteiger partial charge >= 0.3 is 0 Å². The Labute approximate surface area is 172 Å². The molecule has 2 aliphatic rings. The third kappa shape index (κ3) is 3.53. The van der Waals surface area contributed by atoms with Crippen molar-refractivity contribution in [3.8, 4) is 0 Å². The van der Waals surface area contributed by atoms with Crippen molar-refractivity contribution in [2.45, 2.75) is 26.8 Å². The van der Waals surface area contributed by atoms with Crippen LogP contribution >= 0.6 is 0 Å². The first-order valence-corrected chi connectivity index (χ1v) is 10.2. The first kappa shape index (κ1) is 19.2. The van der Waals surface area contributed by atoms with Crippen molar-refractivity contribution in [1.29, 1.82) is 0 Å². The van der Waals surface area contributed by atoms with Crippen LogP contribution < -0.4 is 4.90 Å². The van der Waals surface area contributed by atoms with Gasteiger partial charge in [0.1, 0.15) is 5.70 Å². The lowest BCUT2D eigenvalue weighted by atomic mass is 10.0. The molecule has 29 heavy (non-hydrogen) atoms. The van der Waals surface area contributed by atoms with E-state index in [-0.39, 0.29) is 17.9 Å². The number of hydrogen-bond acceptors (Lipinski definition) is 4. The van der Waals surface area contributed by atoms with E-state index in [0.29, 0.717) is 24.4 Å². The van der Waals surface area contributed by atoms with Gasteiger partial charge in [0.05, 0.1) is 5.57 Å². The van der Waals surface area contributed by atoms with Crippen LogP contribution in [0.5, 0.6) is 0 Å². The molecule has 0 bridgehead atoms. The quantitative estimate of drug-likeness (QED) is 0.753. The van der Waals surface area contributed by atoms with Crippen LogP contribution in [0.2, 0.25) is 0 Å². The molecule has 2 aromatic carbocycles. The number of benzene rings is 2. The molecule has 0 saturated carbocycles. The Hall–Kier alpha value is -3.08. The maximum atomic E-state index is 13.2. The number of hydrogen-bond donors (Lipinski definition) is 0. The summed E-state index contributed by atoms with van der Waals surface area (Å²) in [4.78, 5) is 32.2. The average molecular weight is 389 g/mol. The molecule has 5 nitrogen and oxygen atoms in total. The minimum absolute atomic E-state index is 0.167. The molecule has 1 saturated heterocycles. The summed E-state index contributed by atoms with van der Waals surface area (Å²) in [7, 11) is 0. The molecule has 0 atom stereocenters. The average Bonchev–Trinajstić information content (AvgIpc) is 2.99. The Morgan fingerprint density at radius 1 is 0.793 bits per heavy atom. The van der Waals surface area contributed by atoms with Gasteiger partial charge in [0.25, 0.3) is 11.8 Å². The fourth-order valence-corrected chi connectivity index (χ4v) is 4.18. The van der Waals surface area contributed by atoms with Gasteiger partial charge in [-0.25, -0.2) is 0 Å². The SMILES string of the molecule is Cc1cccc(N2CCN(C3=C(c4ccccc4)C(=O)N(C(C)C)C3=O)CC2)c1. The van der Waals surface area contributed by atoms with Crippen LogP contribution in [-0.4, -0.2) is 53.8 Å². The number of imide groups is 1. The van der Waals surface area contributed by atoms with Gasteiger partial charge in [-0.1, -0.05) is 42.5 Å². The van der Waals surface area contributed by atoms with Crippen LogP contribution in [0.15, 0.2) is 60.3 Å². The molecule has 2 heterocycles. The summed E-state index contributed by atoms with van der Waals surface area (Å²) in [5.41, 5.74) is 4.35. The van der Waals surface area contributed by atoms with E-state index < -0.39 is 0 Å². The first-order valence-electron chi connectivity index (χ1n) is 10.2. The molecule has 5 heteroatoms. The fourth-order valence-electron chi connectivity index (χ4n) is 4.18. The minimum atomic E-state index is -0.188. The van der Waals surface area contributed by atoms with Gasteiger partial charge in [0.2, 0.25) is 0 Å². The standard InChI is InChI=1S/C24H27N3O2/c1-17(2)27-23(28)21(19-9-5-4-6-10-19)22(24(27)29)26-14-12-25(13-15-26)20-11-7-8-18(3)16-20/h4-11,16-17H,12-15H2,1-3H3. The van der Waals surface area contributed by atoms with E-state index in [2.05, 4.69) is 41.0 Å². The van der Waals surface area contributed by atoms with E-state index >= 15 is 0 Å². The second-order valence-corrected chi connectivity index (χ2v) is 7.98. The van der Waals surface area contributed by atoms with E-state index in [1.54, 1.807) is 0 Å². The number of rotatable bonds is 4. The zero-order valence-electron chi connectivity index (χ0n) is 17.3. The van der Waals surface area contributed by atoms with E-state index in [4.69, 9.17) is 0 Å². The van der Waals surface area contributed by atoms with Crippen molar-refractivity contribution >= 4 is 23.1 Å². The van der Waals surface area contributed by atoms with E-state index in [9.17, 15) is 9.59 Å². The number of amides is 2. The van der Waals surface area contributed by atoms with Gasteiger partial charge < -0.3 is 9.80 Å². The third-order valence-corrected chi connectivity index (χ3v) is 5.63. The maximum Gasteiger partial charge on any atom is 0.278 e. The number of piperazine rings is 1. The monoisotopic (exact) mass is 389 g/mol. The van der Waals surface area contributed by atoms with Crippen molar-refractivity contribution in [2.24, 2.45) is 0 Å². The van der Waals surface area contributed by atoms with Crippen molar-refractivity contribution < 1.29 is 9.59 Å². The molecule has 0 N–H and O–H groups in total. The Morgan fingerprint density at radius 3 is 2.07 bits per heavy atom. The van der Waals surface area contributed by atoms with Crippen molar-refractivity contribution in [1.82, 2.24) is 9.80 Å². The molecule has 4 rings (SSSR count). The molecule has 2 aliphatic heterocycles. The number of nitrogens with zero attached hydrogens (tertiary/aromatic N) is 3. The van der Waals surface area contributed by atoms with Crippen LogP contribution in [0.3, 0.4) is 0 Å². The lowest BCUT2D eigenvalue weighted by Gasteiger charge is -2.38. The van der Waals surface area contributed by atoms with E-state index in [1.165, 1.54) is 16.2 Å². The smallest absolute Gasteiger partial charge is 0.278 e. The topological polar surface area (TPSA) is 43.9 Å². The summed E-state index contributed by atoms with van der Waals surface area (Å²) in [6.45, 7) is 8.93. The van der Waals surface area contributed by atoms with Gasteiger partial charge in [-0.2, -0.15) is 0 Å². The summed E-state index contributed by atoms with van der Waals surface area (Å²) in [6, 6.07) is 17.9. The van der Waals surface area contributed by atoms with Gasteiger partial charge in [-0.05, 0) is 44.0 Å². The molecule has 2 amide bonds. The molecule has 150 valence electrons. The van der Waals surface area contributed by atoms with E-state index in [0.717, 1.165) is 18.7 Å². The van der Waals surface area contributed by atoms with Crippen LogP contribution in [-0.2, 0) is 9.59 Å². The third-order valence-electron chi connectivity index (χ3n) is 5.63. The summed E-state index contributed by atoms with van der Waals surface area (Å²) in [5, 5.41) is 0. The Morgan fingerprint density at radius 2 is 1.45 bits per heavy atom. The normalized spacial score (nSPS) is 17.7. The number of aryl methyl sites for hydroxylation is 1. The highest BCUT2D eigenvalue weighted by Crippen LogP contribution is 2.33. The van der Waals surface area contributed by atoms with Crippen molar-refractivity contribution in [3.63, 3.8) is 0 Å². The zero-order chi connectivity index (χ0) is 20.5. The molecule has 1 fully saturated rings. The first-order chi connectivity index (χ1) is 14.0. The molecule has 0 aromatic heterocycles. The lowest BCUT2D eigenvalue weighted by Crippen LogP contribution is -2.48. The Kier molecular flexibility index (Phi) is 5.14. The number of carbonyl (C=O) groups excluding carboxylic acids is 2. The van der Waals surface area contributed by atoms with Crippen LogP contribution in [0.4, 0.5) is 5.69 Å². The summed E-state index contributed by atoms with van der Waals surface area (Å²) in [6.07, 6.45) is 0. The molecule has 0 radical (unpaired) electrons. The summed E-state index contributed by atoms with van der Waals surface area (Å²) in [5.74, 6) is -0.361. The summed E-state index contributed by atoms with van der Waals surface area (Å²) < 4.78 is 0. The molecule has 0 aliphatic carbocycles. The molecule has 0 unspecified atom stereocenters. The maximum absolute atomic E-state index is 13.2. The van der Waals surface area contributed by atoms with Crippen molar-refractivity contribution in [3.05, 3.63) is 71.4 Å². The van der Waals surface area contributed by atoms with Gasteiger partial charge in [-0.15, -0.1) is 0 Å².